The fourth-order valence-corrected chi connectivity index (χ4v) is 2.04. The zero-order valence-electron chi connectivity index (χ0n) is 13.3. The number of halogens is 6. The molecule has 2 aromatic rings. The van der Waals surface area contributed by atoms with Gasteiger partial charge in [0, 0.05) is 24.1 Å². The Balaban J connectivity index is 2.40. The van der Waals surface area contributed by atoms with Crippen molar-refractivity contribution >= 4 is 5.97 Å². The highest BCUT2D eigenvalue weighted by Crippen LogP contribution is 2.37. The first-order valence-electron chi connectivity index (χ1n) is 7.30. The molecule has 0 radical (unpaired) electrons. The summed E-state index contributed by atoms with van der Waals surface area (Å²) in [6, 6.07) is 3.45. The normalized spacial score (nSPS) is 11.3. The maximum absolute atomic E-state index is 13.6. The third-order valence-corrected chi connectivity index (χ3v) is 3.30. The smallest absolute Gasteiger partial charge is 0.416 e. The van der Waals surface area contributed by atoms with Crippen molar-refractivity contribution in [3.8, 4) is 11.5 Å². The summed E-state index contributed by atoms with van der Waals surface area (Å²) in [7, 11) is 0. The Morgan fingerprint density at radius 3 is 2.27 bits per heavy atom. The first-order valence-corrected chi connectivity index (χ1v) is 7.30. The van der Waals surface area contributed by atoms with E-state index in [0.717, 1.165) is 18.2 Å². The molecule has 0 unspecified atom stereocenters. The molecule has 0 heterocycles. The average molecular weight is 378 g/mol. The summed E-state index contributed by atoms with van der Waals surface area (Å²) in [4.78, 5) is 11.4. The van der Waals surface area contributed by atoms with Gasteiger partial charge in [-0.3, -0.25) is 4.79 Å². The van der Waals surface area contributed by atoms with Crippen molar-refractivity contribution in [2.45, 2.75) is 26.1 Å². The van der Waals surface area contributed by atoms with Crippen molar-refractivity contribution in [3.05, 3.63) is 58.9 Å². The van der Waals surface area contributed by atoms with Gasteiger partial charge in [-0.2, -0.15) is 13.2 Å². The predicted molar refractivity (Wildman–Crippen MR) is 78.0 cm³/mol. The molecule has 0 aromatic heterocycles. The molecule has 9 heteroatoms. The molecular formula is C17H12F6O3. The molecule has 2 rings (SSSR count). The molecule has 0 spiro atoms. The van der Waals surface area contributed by atoms with Gasteiger partial charge in [-0.15, -0.1) is 0 Å². The van der Waals surface area contributed by atoms with Gasteiger partial charge in [-0.1, -0.05) is 13.0 Å². The van der Waals surface area contributed by atoms with Gasteiger partial charge in [0.2, 0.25) is 0 Å². The molecule has 0 amide bonds. The van der Waals surface area contributed by atoms with E-state index in [1.165, 1.54) is 6.92 Å². The lowest BCUT2D eigenvalue weighted by molar-refractivity contribution is -0.140. The van der Waals surface area contributed by atoms with E-state index in [-0.39, 0.29) is 12.5 Å². The van der Waals surface area contributed by atoms with Crippen LogP contribution < -0.4 is 9.47 Å². The van der Waals surface area contributed by atoms with Crippen LogP contribution >= 0.6 is 0 Å². The van der Waals surface area contributed by atoms with Gasteiger partial charge in [-0.25, -0.2) is 13.2 Å². The van der Waals surface area contributed by atoms with Gasteiger partial charge >= 0.3 is 12.1 Å². The summed E-state index contributed by atoms with van der Waals surface area (Å²) in [5.41, 5.74) is -1.74. The van der Waals surface area contributed by atoms with Crippen LogP contribution in [0.4, 0.5) is 26.3 Å². The summed E-state index contributed by atoms with van der Waals surface area (Å²) >= 11 is 0. The van der Waals surface area contributed by atoms with Crippen molar-refractivity contribution < 1.29 is 40.6 Å². The standard InChI is InChI=1S/C17H12F6O3/c1-2-16(24)26-14-5-3-4-10(17(21,22)23)9(14)8-25-15-7-12(19)11(18)6-13(15)20/h3-7H,2,8H2,1H3. The van der Waals surface area contributed by atoms with Crippen LogP contribution in [0.2, 0.25) is 0 Å². The number of alkyl halides is 3. The molecule has 0 fully saturated rings. The maximum Gasteiger partial charge on any atom is 0.416 e. The number of carbonyl (C=O) groups excluding carboxylic acids is 1. The highest BCUT2D eigenvalue weighted by atomic mass is 19.4. The minimum absolute atomic E-state index is 0.0889. The molecule has 2 aromatic carbocycles. The van der Waals surface area contributed by atoms with Crippen molar-refractivity contribution in [1.82, 2.24) is 0 Å². The van der Waals surface area contributed by atoms with E-state index in [1.807, 2.05) is 0 Å². The van der Waals surface area contributed by atoms with Gasteiger partial charge < -0.3 is 9.47 Å². The van der Waals surface area contributed by atoms with E-state index in [1.54, 1.807) is 0 Å². The van der Waals surface area contributed by atoms with E-state index >= 15 is 0 Å². The van der Waals surface area contributed by atoms with Crippen LogP contribution in [0, 0.1) is 17.5 Å². The Bertz CT molecular complexity index is 817. The van der Waals surface area contributed by atoms with Crippen LogP contribution in [-0.2, 0) is 17.6 Å². The van der Waals surface area contributed by atoms with E-state index in [0.29, 0.717) is 6.07 Å². The molecule has 140 valence electrons. The Labute approximate surface area is 144 Å². The van der Waals surface area contributed by atoms with Crippen LogP contribution in [0.25, 0.3) is 0 Å². The number of benzene rings is 2. The molecule has 0 aliphatic rings. The van der Waals surface area contributed by atoms with E-state index in [2.05, 4.69) is 0 Å². The van der Waals surface area contributed by atoms with Crippen molar-refractivity contribution in [2.75, 3.05) is 0 Å². The van der Waals surface area contributed by atoms with Crippen LogP contribution in [-0.4, -0.2) is 5.97 Å². The zero-order valence-corrected chi connectivity index (χ0v) is 13.3. The van der Waals surface area contributed by atoms with E-state index < -0.39 is 58.8 Å². The average Bonchev–Trinajstić information content (AvgIpc) is 2.56. The Hall–Kier alpha value is -2.71. The highest BCUT2D eigenvalue weighted by Gasteiger charge is 2.35. The Kier molecular flexibility index (Phi) is 5.79. The van der Waals surface area contributed by atoms with Crippen molar-refractivity contribution in [1.29, 1.82) is 0 Å². The number of hydrogen-bond donors (Lipinski definition) is 0. The number of esters is 1. The lowest BCUT2D eigenvalue weighted by Crippen LogP contribution is -2.15. The van der Waals surface area contributed by atoms with Crippen LogP contribution in [0.1, 0.15) is 24.5 Å². The number of hydrogen-bond acceptors (Lipinski definition) is 3. The van der Waals surface area contributed by atoms with Crippen molar-refractivity contribution in [3.63, 3.8) is 0 Å². The summed E-state index contributed by atoms with van der Waals surface area (Å²) in [6.45, 7) is 0.562. The van der Waals surface area contributed by atoms with Gasteiger partial charge in [0.25, 0.3) is 0 Å². The SMILES string of the molecule is CCC(=O)Oc1cccc(C(F)(F)F)c1COc1cc(F)c(F)cc1F. The minimum atomic E-state index is -4.81. The fourth-order valence-electron chi connectivity index (χ4n) is 2.04. The summed E-state index contributed by atoms with van der Waals surface area (Å²) in [5.74, 6) is -6.18. The van der Waals surface area contributed by atoms with Gasteiger partial charge in [0.1, 0.15) is 12.4 Å². The second kappa shape index (κ2) is 7.67. The topological polar surface area (TPSA) is 35.5 Å². The number of rotatable bonds is 5. The maximum atomic E-state index is 13.6. The van der Waals surface area contributed by atoms with Crippen molar-refractivity contribution in [2.24, 2.45) is 0 Å². The fraction of sp³-hybridized carbons (Fsp3) is 0.235. The first-order chi connectivity index (χ1) is 12.1. The molecule has 0 N–H and O–H groups in total. The highest BCUT2D eigenvalue weighted by molar-refractivity contribution is 5.72. The second-order valence-corrected chi connectivity index (χ2v) is 5.09. The van der Waals surface area contributed by atoms with Crippen LogP contribution in [0.15, 0.2) is 30.3 Å². The van der Waals surface area contributed by atoms with Crippen LogP contribution in [0.5, 0.6) is 11.5 Å². The lowest BCUT2D eigenvalue weighted by atomic mass is 10.1. The molecule has 3 nitrogen and oxygen atoms in total. The monoisotopic (exact) mass is 378 g/mol. The second-order valence-electron chi connectivity index (χ2n) is 5.09. The van der Waals surface area contributed by atoms with E-state index in [9.17, 15) is 31.1 Å². The summed E-state index contributed by atoms with van der Waals surface area (Å²) in [5, 5.41) is 0. The van der Waals surface area contributed by atoms with E-state index in [4.69, 9.17) is 9.47 Å². The van der Waals surface area contributed by atoms with Gasteiger partial charge in [-0.05, 0) is 12.1 Å². The Morgan fingerprint density at radius 1 is 1.00 bits per heavy atom. The molecule has 0 saturated heterocycles. The summed E-state index contributed by atoms with van der Waals surface area (Å²) < 4.78 is 89.0. The molecule has 0 atom stereocenters. The Morgan fingerprint density at radius 2 is 1.65 bits per heavy atom. The molecule has 0 aliphatic heterocycles. The summed E-state index contributed by atoms with van der Waals surface area (Å²) in [6.07, 6.45) is -4.89. The number of carbonyl (C=O) groups is 1. The molecular weight excluding hydrogens is 366 g/mol. The van der Waals surface area contributed by atoms with Gasteiger partial charge in [0.05, 0.1) is 5.56 Å². The third-order valence-electron chi connectivity index (χ3n) is 3.30. The molecule has 0 aliphatic carbocycles. The molecule has 0 bridgehead atoms. The zero-order chi connectivity index (χ0) is 19.5. The minimum Gasteiger partial charge on any atom is -0.486 e. The van der Waals surface area contributed by atoms with Crippen LogP contribution in [0.3, 0.4) is 0 Å². The molecule has 26 heavy (non-hydrogen) atoms. The lowest BCUT2D eigenvalue weighted by Gasteiger charge is -2.17. The molecule has 0 saturated carbocycles. The van der Waals surface area contributed by atoms with Gasteiger partial charge in [0.15, 0.2) is 23.2 Å². The number of ether oxygens (including phenoxy) is 2. The first kappa shape index (κ1) is 19.6. The predicted octanol–water partition coefficient (Wildman–Crippen LogP) is 5.02. The third kappa shape index (κ3) is 4.47. The quantitative estimate of drug-likeness (QED) is 0.317. The largest absolute Gasteiger partial charge is 0.486 e.